The molecule has 0 radical (unpaired) electrons. The van der Waals surface area contributed by atoms with E-state index >= 15 is 0 Å². The van der Waals surface area contributed by atoms with Crippen LogP contribution >= 0.6 is 11.6 Å². The van der Waals surface area contributed by atoms with Crippen molar-refractivity contribution >= 4 is 22.5 Å². The summed E-state index contributed by atoms with van der Waals surface area (Å²) in [5, 5.41) is 0.0710. The van der Waals surface area contributed by atoms with Gasteiger partial charge in [-0.3, -0.25) is 0 Å². The smallest absolute Gasteiger partial charge is 0.241 e. The quantitative estimate of drug-likeness (QED) is 0.636. The van der Waals surface area contributed by atoms with Gasteiger partial charge in [0.1, 0.15) is 5.17 Å². The zero-order chi connectivity index (χ0) is 10.8. The summed E-state index contributed by atoms with van der Waals surface area (Å²) >= 11 is 5.42. The van der Waals surface area contributed by atoms with Gasteiger partial charge in [0.2, 0.25) is 0 Å². The van der Waals surface area contributed by atoms with Crippen LogP contribution in [-0.4, -0.2) is 5.17 Å². The summed E-state index contributed by atoms with van der Waals surface area (Å²) in [5.74, 6) is 0. The molecule has 5 heteroatoms. The second-order valence-electron chi connectivity index (χ2n) is 2.62. The standard InChI is InChI=1S/C9H7ClF3N/c1-6(10)14-8-5-3-2-4-7(8)9(11,12)13/h2-5H,1H3. The topological polar surface area (TPSA) is 12.4 Å². The fourth-order valence-electron chi connectivity index (χ4n) is 0.977. The molecular weight excluding hydrogens is 215 g/mol. The Balaban J connectivity index is 3.24. The maximum Gasteiger partial charge on any atom is 0.418 e. The van der Waals surface area contributed by atoms with E-state index in [9.17, 15) is 13.2 Å². The predicted octanol–water partition coefficient (Wildman–Crippen LogP) is 3.99. The van der Waals surface area contributed by atoms with Gasteiger partial charge < -0.3 is 0 Å². The third-order valence-corrected chi connectivity index (χ3v) is 1.57. The number of hydrogen-bond acceptors (Lipinski definition) is 1. The highest BCUT2D eigenvalue weighted by Crippen LogP contribution is 2.36. The summed E-state index contributed by atoms with van der Waals surface area (Å²) < 4.78 is 37.2. The molecule has 0 amide bonds. The maximum atomic E-state index is 12.4. The molecule has 0 saturated carbocycles. The minimum absolute atomic E-state index is 0.0710. The second kappa shape index (κ2) is 4.00. The average Bonchev–Trinajstić information content (AvgIpc) is 2.01. The van der Waals surface area contributed by atoms with Gasteiger partial charge in [-0.25, -0.2) is 4.99 Å². The molecule has 0 atom stereocenters. The molecule has 0 aliphatic heterocycles. The largest absolute Gasteiger partial charge is 0.418 e. The van der Waals surface area contributed by atoms with Gasteiger partial charge in [-0.05, 0) is 19.1 Å². The van der Waals surface area contributed by atoms with Gasteiger partial charge in [0.15, 0.2) is 0 Å². The molecule has 1 aromatic rings. The Hall–Kier alpha value is -1.03. The first-order valence-corrected chi connectivity index (χ1v) is 4.16. The molecular formula is C9H7ClF3N. The van der Waals surface area contributed by atoms with Crippen molar-refractivity contribution in [3.8, 4) is 0 Å². The van der Waals surface area contributed by atoms with E-state index in [1.807, 2.05) is 0 Å². The van der Waals surface area contributed by atoms with E-state index in [1.54, 1.807) is 0 Å². The molecule has 1 nitrogen and oxygen atoms in total. The van der Waals surface area contributed by atoms with Crippen LogP contribution in [0.3, 0.4) is 0 Å². The van der Waals surface area contributed by atoms with Gasteiger partial charge in [-0.2, -0.15) is 13.2 Å². The Morgan fingerprint density at radius 2 is 1.86 bits per heavy atom. The molecule has 0 fully saturated rings. The third kappa shape index (κ3) is 2.73. The van der Waals surface area contributed by atoms with Gasteiger partial charge in [-0.1, -0.05) is 23.7 Å². The minimum Gasteiger partial charge on any atom is -0.241 e. The summed E-state index contributed by atoms with van der Waals surface area (Å²) in [7, 11) is 0. The lowest BCUT2D eigenvalue weighted by Crippen LogP contribution is -2.04. The lowest BCUT2D eigenvalue weighted by molar-refractivity contribution is -0.137. The van der Waals surface area contributed by atoms with Crippen molar-refractivity contribution < 1.29 is 13.2 Å². The second-order valence-corrected chi connectivity index (χ2v) is 3.17. The average molecular weight is 222 g/mol. The van der Waals surface area contributed by atoms with Crippen molar-refractivity contribution in [1.82, 2.24) is 0 Å². The van der Waals surface area contributed by atoms with Crippen LogP contribution in [0.2, 0.25) is 0 Å². The maximum absolute atomic E-state index is 12.4. The van der Waals surface area contributed by atoms with Crippen LogP contribution in [0.1, 0.15) is 12.5 Å². The molecule has 0 bridgehead atoms. The van der Waals surface area contributed by atoms with E-state index in [4.69, 9.17) is 11.6 Å². The summed E-state index contributed by atoms with van der Waals surface area (Å²) in [5.41, 5.74) is -0.937. The summed E-state index contributed by atoms with van der Waals surface area (Å²) in [6.45, 7) is 1.43. The highest BCUT2D eigenvalue weighted by molar-refractivity contribution is 6.65. The molecule has 1 rings (SSSR count). The minimum atomic E-state index is -4.40. The van der Waals surface area contributed by atoms with E-state index in [0.29, 0.717) is 0 Å². The number of rotatable bonds is 1. The first-order chi connectivity index (χ1) is 6.41. The predicted molar refractivity (Wildman–Crippen MR) is 50.1 cm³/mol. The number of alkyl halides is 3. The van der Waals surface area contributed by atoms with Crippen molar-refractivity contribution in [2.45, 2.75) is 13.1 Å². The first kappa shape index (κ1) is 11.0. The summed E-state index contributed by atoms with van der Waals surface area (Å²) in [6.07, 6.45) is -4.40. The van der Waals surface area contributed by atoms with Gasteiger partial charge in [-0.15, -0.1) is 0 Å². The van der Waals surface area contributed by atoms with Crippen LogP contribution in [0.5, 0.6) is 0 Å². The molecule has 14 heavy (non-hydrogen) atoms. The van der Waals surface area contributed by atoms with Gasteiger partial charge >= 0.3 is 6.18 Å². The van der Waals surface area contributed by atoms with Crippen molar-refractivity contribution in [1.29, 1.82) is 0 Å². The van der Waals surface area contributed by atoms with E-state index in [0.717, 1.165) is 6.07 Å². The SMILES string of the molecule is CC(Cl)=Nc1ccccc1C(F)(F)F. The monoisotopic (exact) mass is 221 g/mol. The summed E-state index contributed by atoms with van der Waals surface area (Å²) in [4.78, 5) is 3.59. The number of para-hydroxylation sites is 1. The van der Waals surface area contributed by atoms with Crippen molar-refractivity contribution in [2.75, 3.05) is 0 Å². The highest BCUT2D eigenvalue weighted by Gasteiger charge is 2.33. The van der Waals surface area contributed by atoms with Crippen LogP contribution in [0, 0.1) is 0 Å². The van der Waals surface area contributed by atoms with Crippen molar-refractivity contribution in [3.05, 3.63) is 29.8 Å². The lowest BCUT2D eigenvalue weighted by Gasteiger charge is -2.08. The van der Waals surface area contributed by atoms with Crippen LogP contribution in [-0.2, 0) is 6.18 Å². The molecule has 0 aliphatic carbocycles. The Labute approximate surface area is 84.2 Å². The van der Waals surface area contributed by atoms with Crippen LogP contribution in [0.15, 0.2) is 29.3 Å². The Morgan fingerprint density at radius 3 is 2.36 bits per heavy atom. The highest BCUT2D eigenvalue weighted by atomic mass is 35.5. The number of halogens is 4. The zero-order valence-corrected chi connectivity index (χ0v) is 8.02. The van der Waals surface area contributed by atoms with Crippen LogP contribution in [0.25, 0.3) is 0 Å². The van der Waals surface area contributed by atoms with Gasteiger partial charge in [0, 0.05) is 0 Å². The Morgan fingerprint density at radius 1 is 1.29 bits per heavy atom. The first-order valence-electron chi connectivity index (χ1n) is 3.78. The molecule has 76 valence electrons. The van der Waals surface area contributed by atoms with Gasteiger partial charge in [0.25, 0.3) is 0 Å². The number of nitrogens with zero attached hydrogens (tertiary/aromatic N) is 1. The molecule has 0 saturated heterocycles. The van der Waals surface area contributed by atoms with Crippen molar-refractivity contribution in [2.24, 2.45) is 4.99 Å². The van der Waals surface area contributed by atoms with Crippen LogP contribution < -0.4 is 0 Å². The van der Waals surface area contributed by atoms with Crippen LogP contribution in [0.4, 0.5) is 18.9 Å². The fourth-order valence-corrected chi connectivity index (χ4v) is 1.07. The molecule has 0 N–H and O–H groups in total. The Bertz CT molecular complexity index is 353. The zero-order valence-electron chi connectivity index (χ0n) is 7.27. The van der Waals surface area contributed by atoms with Gasteiger partial charge in [0.05, 0.1) is 11.3 Å². The molecule has 1 aromatic carbocycles. The van der Waals surface area contributed by atoms with E-state index in [2.05, 4.69) is 4.99 Å². The Kier molecular flexibility index (Phi) is 3.16. The van der Waals surface area contributed by atoms with E-state index in [-0.39, 0.29) is 10.9 Å². The fraction of sp³-hybridized carbons (Fsp3) is 0.222. The number of benzene rings is 1. The summed E-state index contributed by atoms with van der Waals surface area (Å²) in [6, 6.07) is 5.03. The third-order valence-electron chi connectivity index (χ3n) is 1.48. The molecule has 0 aliphatic rings. The van der Waals surface area contributed by atoms with E-state index < -0.39 is 11.7 Å². The van der Waals surface area contributed by atoms with E-state index in [1.165, 1.54) is 25.1 Å². The molecule has 0 aromatic heterocycles. The molecule has 0 heterocycles. The molecule has 0 unspecified atom stereocenters. The van der Waals surface area contributed by atoms with Crippen molar-refractivity contribution in [3.63, 3.8) is 0 Å². The molecule has 0 spiro atoms. The lowest BCUT2D eigenvalue weighted by atomic mass is 10.2. The number of hydrogen-bond donors (Lipinski definition) is 0. The number of aliphatic imine (C=N–C) groups is 1. The normalized spacial score (nSPS) is 13.1.